The highest BCUT2D eigenvalue weighted by Crippen LogP contribution is 2.36. The molecule has 43 heavy (non-hydrogen) atoms. The lowest BCUT2D eigenvalue weighted by molar-refractivity contribution is -0.139. The van der Waals surface area contributed by atoms with Gasteiger partial charge < -0.3 is 14.6 Å². The van der Waals surface area contributed by atoms with Gasteiger partial charge in [0.05, 0.1) is 18.1 Å². The van der Waals surface area contributed by atoms with E-state index >= 15 is 0 Å². The lowest BCUT2D eigenvalue weighted by atomic mass is 9.86. The van der Waals surface area contributed by atoms with Gasteiger partial charge in [0.15, 0.2) is 0 Å². The number of esters is 2. The Morgan fingerprint density at radius 1 is 0.860 bits per heavy atom. The second-order valence-corrected chi connectivity index (χ2v) is 11.9. The second-order valence-electron chi connectivity index (χ2n) is 11.9. The maximum absolute atomic E-state index is 13.3. The molecule has 1 aliphatic carbocycles. The van der Waals surface area contributed by atoms with Crippen LogP contribution in [-0.2, 0) is 11.4 Å². The average Bonchev–Trinajstić information content (AvgIpc) is 3.00. The van der Waals surface area contributed by atoms with E-state index in [2.05, 4.69) is 44.7 Å². The number of carbonyl (C=O) groups excluding carboxylic acids is 2. The zero-order chi connectivity index (χ0) is 30.1. The first-order chi connectivity index (χ1) is 20.3. The number of rotatable bonds is 12. The van der Waals surface area contributed by atoms with Crippen molar-refractivity contribution in [2.75, 3.05) is 6.54 Å². The molecule has 3 aromatic carbocycles. The molecule has 4 rings (SSSR count). The normalized spacial score (nSPS) is 14.4. The molecule has 3 aromatic rings. The SMILES string of the molecule is CC(C)N(CCC(c1ccccc1)c1cc(CO)ccc1OC(=O)c1ccc(OC(=O)C2CCCCC2)cc1)C(C)C.Cl. The fraction of sp³-hybridized carbons (Fsp3) is 0.444. The molecule has 0 aliphatic heterocycles. The predicted molar refractivity (Wildman–Crippen MR) is 173 cm³/mol. The minimum Gasteiger partial charge on any atom is -0.426 e. The van der Waals surface area contributed by atoms with Crippen molar-refractivity contribution in [3.63, 3.8) is 0 Å². The van der Waals surface area contributed by atoms with Gasteiger partial charge in [-0.3, -0.25) is 9.69 Å². The summed E-state index contributed by atoms with van der Waals surface area (Å²) in [6.45, 7) is 9.60. The highest BCUT2D eigenvalue weighted by Gasteiger charge is 2.25. The third kappa shape index (κ3) is 9.40. The fourth-order valence-electron chi connectivity index (χ4n) is 6.00. The first-order valence-electron chi connectivity index (χ1n) is 15.3. The first-order valence-corrected chi connectivity index (χ1v) is 15.3. The molecule has 1 fully saturated rings. The first kappa shape index (κ1) is 34.3. The molecule has 1 aliphatic rings. The van der Waals surface area contributed by atoms with Crippen molar-refractivity contribution in [2.24, 2.45) is 5.92 Å². The second kappa shape index (κ2) is 16.6. The summed E-state index contributed by atoms with van der Waals surface area (Å²) < 4.78 is 11.6. The smallest absolute Gasteiger partial charge is 0.343 e. The maximum Gasteiger partial charge on any atom is 0.343 e. The Kier molecular flexibility index (Phi) is 13.2. The number of nitrogens with zero attached hydrogens (tertiary/aromatic N) is 1. The Balaban J connectivity index is 0.00000506. The summed E-state index contributed by atoms with van der Waals surface area (Å²) in [5.74, 6) is 0.130. The fourth-order valence-corrected chi connectivity index (χ4v) is 6.00. The van der Waals surface area contributed by atoms with Crippen molar-refractivity contribution in [2.45, 2.75) is 90.8 Å². The van der Waals surface area contributed by atoms with Gasteiger partial charge in [-0.1, -0.05) is 55.7 Å². The Morgan fingerprint density at radius 2 is 1.51 bits per heavy atom. The van der Waals surface area contributed by atoms with Crippen LogP contribution in [0.15, 0.2) is 72.8 Å². The van der Waals surface area contributed by atoms with Gasteiger partial charge in [-0.2, -0.15) is 0 Å². The summed E-state index contributed by atoms with van der Waals surface area (Å²) in [5.41, 5.74) is 3.12. The van der Waals surface area contributed by atoms with Crippen LogP contribution in [0.3, 0.4) is 0 Å². The van der Waals surface area contributed by atoms with E-state index in [0.717, 1.165) is 55.3 Å². The van der Waals surface area contributed by atoms with Gasteiger partial charge in [-0.05, 0) is 101 Å². The van der Waals surface area contributed by atoms with Crippen LogP contribution in [-0.4, -0.2) is 40.6 Å². The van der Waals surface area contributed by atoms with E-state index in [1.807, 2.05) is 24.3 Å². The van der Waals surface area contributed by atoms with Crippen LogP contribution in [0.25, 0.3) is 0 Å². The van der Waals surface area contributed by atoms with Gasteiger partial charge in [0.25, 0.3) is 0 Å². The summed E-state index contributed by atoms with van der Waals surface area (Å²) in [5, 5.41) is 9.95. The Morgan fingerprint density at radius 3 is 2.12 bits per heavy atom. The van der Waals surface area contributed by atoms with Crippen LogP contribution in [0.5, 0.6) is 11.5 Å². The number of aliphatic hydroxyl groups is 1. The molecule has 1 unspecified atom stereocenters. The summed E-state index contributed by atoms with van der Waals surface area (Å²) in [6.07, 6.45) is 5.86. The zero-order valence-electron chi connectivity index (χ0n) is 25.8. The van der Waals surface area contributed by atoms with Crippen molar-refractivity contribution < 1.29 is 24.2 Å². The van der Waals surface area contributed by atoms with Crippen molar-refractivity contribution >= 4 is 24.3 Å². The zero-order valence-corrected chi connectivity index (χ0v) is 26.6. The van der Waals surface area contributed by atoms with Crippen LogP contribution in [0.4, 0.5) is 0 Å². The van der Waals surface area contributed by atoms with Gasteiger partial charge in [0.2, 0.25) is 0 Å². The standard InChI is InChI=1S/C36H45NO5.ClH/c1-25(2)37(26(3)4)22-21-32(28-11-7-5-8-12-28)33-23-27(24-38)15-20-34(33)42-36(40)30-16-18-31(19-17-30)41-35(39)29-13-9-6-10-14-29;/h5,7-8,11-12,15-20,23,25-26,29,32,38H,6,9-10,13-14,21-22,24H2,1-4H3;1H. The number of hydrogen-bond acceptors (Lipinski definition) is 6. The van der Waals surface area contributed by atoms with Crippen molar-refractivity contribution in [1.29, 1.82) is 0 Å². The third-order valence-corrected chi connectivity index (χ3v) is 8.29. The van der Waals surface area contributed by atoms with Gasteiger partial charge in [-0.15, -0.1) is 12.4 Å². The summed E-state index contributed by atoms with van der Waals surface area (Å²) in [4.78, 5) is 28.3. The van der Waals surface area contributed by atoms with Crippen molar-refractivity contribution in [3.8, 4) is 11.5 Å². The number of aliphatic hydroxyl groups excluding tert-OH is 1. The molecule has 0 spiro atoms. The van der Waals surface area contributed by atoms with Crippen LogP contribution in [0.2, 0.25) is 0 Å². The third-order valence-electron chi connectivity index (χ3n) is 8.29. The van der Waals surface area contributed by atoms with Gasteiger partial charge >= 0.3 is 11.9 Å². The summed E-state index contributed by atoms with van der Waals surface area (Å²) in [6, 6.07) is 23.1. The van der Waals surface area contributed by atoms with E-state index in [4.69, 9.17) is 9.47 Å². The predicted octanol–water partition coefficient (Wildman–Crippen LogP) is 7.95. The van der Waals surface area contributed by atoms with Gasteiger partial charge in [0, 0.05) is 23.6 Å². The highest BCUT2D eigenvalue weighted by molar-refractivity contribution is 5.91. The molecular formula is C36H46ClNO5. The number of halogens is 1. The van der Waals surface area contributed by atoms with Crippen molar-refractivity contribution in [1.82, 2.24) is 4.90 Å². The van der Waals surface area contributed by atoms with E-state index < -0.39 is 5.97 Å². The van der Waals surface area contributed by atoms with E-state index in [9.17, 15) is 14.7 Å². The van der Waals surface area contributed by atoms with E-state index in [-0.39, 0.29) is 36.8 Å². The molecule has 232 valence electrons. The van der Waals surface area contributed by atoms with Crippen LogP contribution in [0.1, 0.15) is 99.2 Å². The minimum absolute atomic E-state index is 0. The van der Waals surface area contributed by atoms with E-state index in [1.54, 1.807) is 36.4 Å². The molecule has 0 aromatic heterocycles. The van der Waals surface area contributed by atoms with Crippen LogP contribution in [0, 0.1) is 5.92 Å². The molecule has 0 radical (unpaired) electrons. The highest BCUT2D eigenvalue weighted by atomic mass is 35.5. The van der Waals surface area contributed by atoms with Crippen molar-refractivity contribution in [3.05, 3.63) is 95.1 Å². The maximum atomic E-state index is 13.3. The monoisotopic (exact) mass is 607 g/mol. The molecule has 0 amide bonds. The minimum atomic E-state index is -0.490. The lowest BCUT2D eigenvalue weighted by Crippen LogP contribution is -2.38. The van der Waals surface area contributed by atoms with Crippen LogP contribution < -0.4 is 9.47 Å². The topological polar surface area (TPSA) is 76.1 Å². The molecule has 0 heterocycles. The lowest BCUT2D eigenvalue weighted by Gasteiger charge is -2.32. The quantitative estimate of drug-likeness (QED) is 0.166. The Bertz CT molecular complexity index is 1290. The van der Waals surface area contributed by atoms with Gasteiger partial charge in [-0.25, -0.2) is 4.79 Å². The molecule has 1 N–H and O–H groups in total. The molecule has 1 atom stereocenters. The van der Waals surface area contributed by atoms with E-state index in [1.165, 1.54) is 6.42 Å². The molecule has 1 saturated carbocycles. The molecule has 0 saturated heterocycles. The largest absolute Gasteiger partial charge is 0.426 e. The average molecular weight is 608 g/mol. The molecule has 0 bridgehead atoms. The number of carbonyl (C=O) groups is 2. The summed E-state index contributed by atoms with van der Waals surface area (Å²) in [7, 11) is 0. The van der Waals surface area contributed by atoms with Crippen LogP contribution >= 0.6 is 12.4 Å². The van der Waals surface area contributed by atoms with Gasteiger partial charge in [0.1, 0.15) is 11.5 Å². The Hall–Kier alpha value is -3.19. The molecular weight excluding hydrogens is 562 g/mol. The van der Waals surface area contributed by atoms with E-state index in [0.29, 0.717) is 29.1 Å². The number of ether oxygens (including phenoxy) is 2. The molecule has 6 nitrogen and oxygen atoms in total. The number of benzene rings is 3. The number of hydrogen-bond donors (Lipinski definition) is 1. The molecule has 7 heteroatoms. The summed E-state index contributed by atoms with van der Waals surface area (Å²) >= 11 is 0. The Labute approximate surface area is 262 Å².